The summed E-state index contributed by atoms with van der Waals surface area (Å²) in [7, 11) is 1.79. The summed E-state index contributed by atoms with van der Waals surface area (Å²) < 4.78 is 0. The topological polar surface area (TPSA) is 87.3 Å². The number of nitrogen functional groups attached to an aromatic ring is 1. The number of hydrogen-bond donors (Lipinski definition) is 3. The van der Waals surface area contributed by atoms with Gasteiger partial charge in [-0.05, 0) is 12.8 Å². The molecule has 1 atom stereocenters. The highest BCUT2D eigenvalue weighted by molar-refractivity contribution is 5.53. The second kappa shape index (κ2) is 4.52. The van der Waals surface area contributed by atoms with Gasteiger partial charge >= 0.3 is 0 Å². The molecule has 2 heterocycles. The van der Waals surface area contributed by atoms with E-state index < -0.39 is 0 Å². The van der Waals surface area contributed by atoms with Gasteiger partial charge in [0.15, 0.2) is 0 Å². The molecule has 2 rings (SSSR count). The molecule has 1 fully saturated rings. The Morgan fingerprint density at radius 3 is 3.12 bits per heavy atom. The number of anilines is 3. The van der Waals surface area contributed by atoms with Gasteiger partial charge in [-0.25, -0.2) is 0 Å². The monoisotopic (exact) mass is 223 g/mol. The highest BCUT2D eigenvalue weighted by atomic mass is 16.3. The van der Waals surface area contributed by atoms with E-state index in [1.807, 2.05) is 6.07 Å². The molecule has 0 aromatic carbocycles. The minimum Gasteiger partial charge on any atom is -0.394 e. The zero-order valence-electron chi connectivity index (χ0n) is 9.35. The Hall–Kier alpha value is -1.56. The van der Waals surface area contributed by atoms with Crippen molar-refractivity contribution < 1.29 is 5.11 Å². The van der Waals surface area contributed by atoms with E-state index in [0.717, 1.165) is 25.2 Å². The van der Waals surface area contributed by atoms with E-state index in [1.165, 1.54) is 0 Å². The molecule has 4 N–H and O–H groups in total. The van der Waals surface area contributed by atoms with E-state index in [9.17, 15) is 5.11 Å². The fourth-order valence-corrected chi connectivity index (χ4v) is 2.05. The van der Waals surface area contributed by atoms with Gasteiger partial charge in [0.05, 0.1) is 12.6 Å². The third-order valence-corrected chi connectivity index (χ3v) is 2.87. The first kappa shape index (κ1) is 10.9. The Morgan fingerprint density at radius 1 is 1.62 bits per heavy atom. The van der Waals surface area contributed by atoms with Crippen LogP contribution in [0.2, 0.25) is 0 Å². The zero-order valence-corrected chi connectivity index (χ0v) is 9.35. The molecule has 0 radical (unpaired) electrons. The lowest BCUT2D eigenvalue weighted by atomic mass is 10.2. The molecule has 0 saturated carbocycles. The standard InChI is InChI=1S/C10H17N5O/c1-12-8-5-9(14-10(11)13-8)15-4-2-3-7(15)6-16/h5,7,16H,2-4,6H2,1H3,(H3,11,12,13,14). The Labute approximate surface area is 94.5 Å². The van der Waals surface area contributed by atoms with Crippen LogP contribution in [0.15, 0.2) is 6.07 Å². The minimum absolute atomic E-state index is 0.152. The number of aromatic nitrogens is 2. The fourth-order valence-electron chi connectivity index (χ4n) is 2.05. The Morgan fingerprint density at radius 2 is 2.44 bits per heavy atom. The molecule has 0 amide bonds. The van der Waals surface area contributed by atoms with E-state index in [1.54, 1.807) is 7.05 Å². The number of aliphatic hydroxyl groups is 1. The largest absolute Gasteiger partial charge is 0.394 e. The number of aliphatic hydroxyl groups excluding tert-OH is 1. The van der Waals surface area contributed by atoms with Crippen LogP contribution in [-0.4, -0.2) is 41.3 Å². The van der Waals surface area contributed by atoms with Crippen molar-refractivity contribution in [3.05, 3.63) is 6.07 Å². The fraction of sp³-hybridized carbons (Fsp3) is 0.600. The zero-order chi connectivity index (χ0) is 11.5. The number of hydrogen-bond acceptors (Lipinski definition) is 6. The molecule has 1 aliphatic heterocycles. The van der Waals surface area contributed by atoms with Gasteiger partial charge in [0.1, 0.15) is 11.6 Å². The van der Waals surface area contributed by atoms with E-state index in [4.69, 9.17) is 5.73 Å². The molecule has 0 aliphatic carbocycles. The Bertz CT molecular complexity index is 370. The summed E-state index contributed by atoms with van der Waals surface area (Å²) in [6.07, 6.45) is 2.07. The molecule has 1 aromatic rings. The SMILES string of the molecule is CNc1cc(N2CCCC2CO)nc(N)n1. The van der Waals surface area contributed by atoms with Gasteiger partial charge in [-0.2, -0.15) is 9.97 Å². The summed E-state index contributed by atoms with van der Waals surface area (Å²) in [5.74, 6) is 1.74. The second-order valence-corrected chi connectivity index (χ2v) is 3.89. The average Bonchev–Trinajstić information content (AvgIpc) is 2.76. The Kier molecular flexibility index (Phi) is 3.09. The maximum Gasteiger partial charge on any atom is 0.223 e. The van der Waals surface area contributed by atoms with Crippen LogP contribution < -0.4 is 16.0 Å². The lowest BCUT2D eigenvalue weighted by Crippen LogP contribution is -2.33. The van der Waals surface area contributed by atoms with Crippen LogP contribution in [0, 0.1) is 0 Å². The van der Waals surface area contributed by atoms with Crippen molar-refractivity contribution in [3.63, 3.8) is 0 Å². The molecule has 1 unspecified atom stereocenters. The molecule has 0 spiro atoms. The van der Waals surface area contributed by atoms with Crippen molar-refractivity contribution in [1.82, 2.24) is 9.97 Å². The second-order valence-electron chi connectivity index (χ2n) is 3.89. The smallest absolute Gasteiger partial charge is 0.223 e. The van der Waals surface area contributed by atoms with Crippen molar-refractivity contribution >= 4 is 17.6 Å². The van der Waals surface area contributed by atoms with Crippen LogP contribution in [0.25, 0.3) is 0 Å². The molecule has 88 valence electrons. The molecule has 6 heteroatoms. The average molecular weight is 223 g/mol. The van der Waals surface area contributed by atoms with Crippen molar-refractivity contribution in [2.24, 2.45) is 0 Å². The molecule has 1 aliphatic rings. The molecule has 1 saturated heterocycles. The van der Waals surface area contributed by atoms with Crippen molar-refractivity contribution in [3.8, 4) is 0 Å². The van der Waals surface area contributed by atoms with E-state index >= 15 is 0 Å². The highest BCUT2D eigenvalue weighted by Gasteiger charge is 2.25. The Balaban J connectivity index is 2.28. The number of nitrogens with zero attached hydrogens (tertiary/aromatic N) is 3. The third kappa shape index (κ3) is 2.01. The number of nitrogens with two attached hydrogens (primary N) is 1. The van der Waals surface area contributed by atoms with Crippen molar-refractivity contribution in [1.29, 1.82) is 0 Å². The maximum atomic E-state index is 9.26. The summed E-state index contributed by atoms with van der Waals surface area (Å²) in [5, 5.41) is 12.2. The predicted octanol–water partition coefficient (Wildman–Crippen LogP) is 0.0616. The quantitative estimate of drug-likeness (QED) is 0.671. The summed E-state index contributed by atoms with van der Waals surface area (Å²) in [5.41, 5.74) is 5.64. The summed E-state index contributed by atoms with van der Waals surface area (Å²) >= 11 is 0. The number of nitrogens with one attached hydrogen (secondary N) is 1. The molecule has 0 bridgehead atoms. The predicted molar refractivity (Wildman–Crippen MR) is 63.4 cm³/mol. The number of rotatable bonds is 3. The first-order valence-electron chi connectivity index (χ1n) is 5.44. The van der Waals surface area contributed by atoms with Gasteiger partial charge in [-0.15, -0.1) is 0 Å². The first-order chi connectivity index (χ1) is 7.74. The van der Waals surface area contributed by atoms with Gasteiger partial charge in [-0.1, -0.05) is 0 Å². The van der Waals surface area contributed by atoms with Crippen LogP contribution in [0.4, 0.5) is 17.6 Å². The van der Waals surface area contributed by atoms with Gasteiger partial charge < -0.3 is 21.1 Å². The van der Waals surface area contributed by atoms with Crippen LogP contribution in [0.1, 0.15) is 12.8 Å². The lowest BCUT2D eigenvalue weighted by Gasteiger charge is -2.24. The lowest BCUT2D eigenvalue weighted by molar-refractivity contribution is 0.266. The summed E-state index contributed by atoms with van der Waals surface area (Å²) in [6.45, 7) is 1.06. The maximum absolute atomic E-state index is 9.26. The molecule has 16 heavy (non-hydrogen) atoms. The van der Waals surface area contributed by atoms with Crippen LogP contribution in [-0.2, 0) is 0 Å². The molecular formula is C10H17N5O. The normalized spacial score (nSPS) is 20.1. The van der Waals surface area contributed by atoms with Crippen LogP contribution in [0.3, 0.4) is 0 Å². The van der Waals surface area contributed by atoms with Gasteiger partial charge in [-0.3, -0.25) is 0 Å². The molecular weight excluding hydrogens is 206 g/mol. The highest BCUT2D eigenvalue weighted by Crippen LogP contribution is 2.25. The van der Waals surface area contributed by atoms with Crippen LogP contribution in [0.5, 0.6) is 0 Å². The van der Waals surface area contributed by atoms with Crippen LogP contribution >= 0.6 is 0 Å². The van der Waals surface area contributed by atoms with E-state index in [-0.39, 0.29) is 18.6 Å². The molecule has 1 aromatic heterocycles. The minimum atomic E-state index is 0.152. The van der Waals surface area contributed by atoms with E-state index in [2.05, 4.69) is 20.2 Å². The van der Waals surface area contributed by atoms with Gasteiger partial charge in [0.2, 0.25) is 5.95 Å². The summed E-state index contributed by atoms with van der Waals surface area (Å²) in [4.78, 5) is 10.3. The van der Waals surface area contributed by atoms with Gasteiger partial charge in [0.25, 0.3) is 0 Å². The summed E-state index contributed by atoms with van der Waals surface area (Å²) in [6, 6.07) is 2.00. The molecule has 6 nitrogen and oxygen atoms in total. The van der Waals surface area contributed by atoms with Crippen molar-refractivity contribution in [2.45, 2.75) is 18.9 Å². The van der Waals surface area contributed by atoms with Gasteiger partial charge in [0, 0.05) is 19.7 Å². The van der Waals surface area contributed by atoms with E-state index in [0.29, 0.717) is 5.82 Å². The third-order valence-electron chi connectivity index (χ3n) is 2.87. The van der Waals surface area contributed by atoms with Crippen molar-refractivity contribution in [2.75, 3.05) is 36.1 Å². The first-order valence-corrected chi connectivity index (χ1v) is 5.44.